The summed E-state index contributed by atoms with van der Waals surface area (Å²) in [6, 6.07) is 12.3. The van der Waals surface area contributed by atoms with Gasteiger partial charge in [-0.2, -0.15) is 0 Å². The van der Waals surface area contributed by atoms with Gasteiger partial charge in [0.2, 0.25) is 10.0 Å². The van der Waals surface area contributed by atoms with Crippen LogP contribution in [0.3, 0.4) is 0 Å². The third kappa shape index (κ3) is 3.12. The van der Waals surface area contributed by atoms with Gasteiger partial charge in [0, 0.05) is 23.5 Å². The van der Waals surface area contributed by atoms with E-state index in [1.165, 1.54) is 11.3 Å². The Morgan fingerprint density at radius 3 is 2.52 bits per heavy atom. The number of carbonyl (C=O) groups excluding carboxylic acids is 1. The van der Waals surface area contributed by atoms with E-state index in [0.717, 1.165) is 16.2 Å². The molecule has 2 bridgehead atoms. The molecule has 0 radical (unpaired) electrons. The molecule has 0 spiro atoms. The molecule has 1 aromatic carbocycles. The number of aryl methyl sites for hydroxylation is 1. The minimum atomic E-state index is -3.50. The van der Waals surface area contributed by atoms with Gasteiger partial charge in [-0.1, -0.05) is 18.2 Å². The molecule has 1 N–H and O–H groups in total. The summed E-state index contributed by atoms with van der Waals surface area (Å²) in [5.41, 5.74) is 0. The number of benzene rings is 1. The van der Waals surface area contributed by atoms with Crippen LogP contribution in [-0.4, -0.2) is 37.9 Å². The summed E-state index contributed by atoms with van der Waals surface area (Å²) in [5, 5.41) is 0. The summed E-state index contributed by atoms with van der Waals surface area (Å²) < 4.78 is 27.9. The predicted molar refractivity (Wildman–Crippen MR) is 97.2 cm³/mol. The third-order valence-corrected chi connectivity index (χ3v) is 7.61. The summed E-state index contributed by atoms with van der Waals surface area (Å²) in [6.07, 6.45) is 1.56. The van der Waals surface area contributed by atoms with Crippen LogP contribution in [0.4, 0.5) is 0 Å². The first-order valence-electron chi connectivity index (χ1n) is 8.39. The molecule has 1 aliphatic carbocycles. The number of hydrogen-bond donors (Lipinski definition) is 1. The van der Waals surface area contributed by atoms with E-state index in [1.54, 1.807) is 30.3 Å². The standard InChI is InChI=1S/C18H20N2O3S2/c1-12-7-8-17(24-12)18(21)20-11-13-9-14(20)10-16(13)19-25(22,23)15-5-3-2-4-6-15/h2-8,13-14,16,19H,9-11H2,1H3. The van der Waals surface area contributed by atoms with Crippen LogP contribution in [-0.2, 0) is 10.0 Å². The van der Waals surface area contributed by atoms with Gasteiger partial charge >= 0.3 is 0 Å². The average Bonchev–Trinajstić information content (AvgIpc) is 3.30. The number of thiophene rings is 1. The van der Waals surface area contributed by atoms with Crippen molar-refractivity contribution in [3.05, 3.63) is 52.2 Å². The smallest absolute Gasteiger partial charge is 0.264 e. The van der Waals surface area contributed by atoms with Crippen LogP contribution in [0.25, 0.3) is 0 Å². The lowest BCUT2D eigenvalue weighted by molar-refractivity contribution is 0.0696. The topological polar surface area (TPSA) is 66.5 Å². The zero-order valence-corrected chi connectivity index (χ0v) is 15.5. The molecule has 25 heavy (non-hydrogen) atoms. The first-order valence-corrected chi connectivity index (χ1v) is 10.7. The molecule has 132 valence electrons. The number of nitrogens with zero attached hydrogens (tertiary/aromatic N) is 1. The van der Waals surface area contributed by atoms with E-state index in [0.29, 0.717) is 17.9 Å². The van der Waals surface area contributed by atoms with Gasteiger partial charge in [-0.05, 0) is 49.9 Å². The molecule has 2 heterocycles. The van der Waals surface area contributed by atoms with Crippen molar-refractivity contribution in [2.45, 2.75) is 36.7 Å². The molecule has 3 unspecified atom stereocenters. The molecule has 3 atom stereocenters. The lowest BCUT2D eigenvalue weighted by Gasteiger charge is -2.31. The fourth-order valence-electron chi connectivity index (χ4n) is 3.90. The number of fused-ring (bicyclic) bond motifs is 2. The van der Waals surface area contributed by atoms with E-state index in [4.69, 9.17) is 0 Å². The zero-order chi connectivity index (χ0) is 17.6. The first kappa shape index (κ1) is 16.8. The summed E-state index contributed by atoms with van der Waals surface area (Å²) in [6.45, 7) is 2.62. The fourth-order valence-corrected chi connectivity index (χ4v) is 6.07. The van der Waals surface area contributed by atoms with E-state index >= 15 is 0 Å². The first-order chi connectivity index (χ1) is 11.9. The summed E-state index contributed by atoms with van der Waals surface area (Å²) in [4.78, 5) is 16.8. The number of sulfonamides is 1. The number of hydrogen-bond acceptors (Lipinski definition) is 4. The van der Waals surface area contributed by atoms with Gasteiger partial charge in [-0.25, -0.2) is 13.1 Å². The Bertz CT molecular complexity index is 892. The highest BCUT2D eigenvalue weighted by atomic mass is 32.2. The highest BCUT2D eigenvalue weighted by Crippen LogP contribution is 2.39. The number of piperidine rings is 1. The average molecular weight is 377 g/mol. The molecule has 2 aliphatic rings. The Hall–Kier alpha value is -1.70. The largest absolute Gasteiger partial charge is 0.335 e. The van der Waals surface area contributed by atoms with Crippen molar-refractivity contribution in [3.8, 4) is 0 Å². The number of likely N-dealkylation sites (tertiary alicyclic amines) is 1. The minimum absolute atomic E-state index is 0.0787. The van der Waals surface area contributed by atoms with E-state index in [2.05, 4.69) is 4.72 Å². The monoisotopic (exact) mass is 376 g/mol. The molecule has 1 aromatic heterocycles. The van der Waals surface area contributed by atoms with E-state index in [9.17, 15) is 13.2 Å². The van der Waals surface area contributed by atoms with Crippen molar-refractivity contribution in [3.63, 3.8) is 0 Å². The van der Waals surface area contributed by atoms with Crippen LogP contribution in [0.2, 0.25) is 0 Å². The molecule has 5 nitrogen and oxygen atoms in total. The highest BCUT2D eigenvalue weighted by molar-refractivity contribution is 7.89. The van der Waals surface area contributed by atoms with Crippen molar-refractivity contribution >= 4 is 27.3 Å². The Morgan fingerprint density at radius 2 is 1.92 bits per heavy atom. The van der Waals surface area contributed by atoms with Gasteiger partial charge in [-0.15, -0.1) is 11.3 Å². The SMILES string of the molecule is Cc1ccc(C(=O)N2CC3CC2CC3NS(=O)(=O)c2ccccc2)s1. The maximum Gasteiger partial charge on any atom is 0.264 e. The number of carbonyl (C=O) groups is 1. The van der Waals surface area contributed by atoms with Crippen molar-refractivity contribution in [2.24, 2.45) is 5.92 Å². The van der Waals surface area contributed by atoms with Gasteiger partial charge < -0.3 is 4.90 Å². The lowest BCUT2D eigenvalue weighted by atomic mass is 10.0. The molecule has 1 saturated carbocycles. The van der Waals surface area contributed by atoms with Crippen LogP contribution < -0.4 is 4.72 Å². The van der Waals surface area contributed by atoms with Crippen LogP contribution in [0.15, 0.2) is 47.4 Å². The maximum absolute atomic E-state index is 12.7. The van der Waals surface area contributed by atoms with Crippen LogP contribution in [0, 0.1) is 12.8 Å². The number of nitrogens with one attached hydrogen (secondary N) is 1. The molecular weight excluding hydrogens is 356 g/mol. The Balaban J connectivity index is 1.44. The molecule has 2 fully saturated rings. The predicted octanol–water partition coefficient (Wildman–Crippen LogP) is 2.64. The van der Waals surface area contributed by atoms with Crippen LogP contribution in [0.1, 0.15) is 27.4 Å². The lowest BCUT2D eigenvalue weighted by Crippen LogP contribution is -2.47. The molecule has 1 saturated heterocycles. The quantitative estimate of drug-likeness (QED) is 0.892. The second-order valence-corrected chi connectivity index (χ2v) is 9.80. The van der Waals surface area contributed by atoms with Crippen molar-refractivity contribution < 1.29 is 13.2 Å². The van der Waals surface area contributed by atoms with Gasteiger partial charge in [0.1, 0.15) is 0 Å². The van der Waals surface area contributed by atoms with E-state index < -0.39 is 10.0 Å². The van der Waals surface area contributed by atoms with Crippen LogP contribution >= 0.6 is 11.3 Å². The third-order valence-electron chi connectivity index (χ3n) is 5.11. The zero-order valence-electron chi connectivity index (χ0n) is 13.9. The highest BCUT2D eigenvalue weighted by Gasteiger charge is 2.47. The molecule has 1 aliphatic heterocycles. The van der Waals surface area contributed by atoms with Gasteiger partial charge in [-0.3, -0.25) is 4.79 Å². The summed E-state index contributed by atoms with van der Waals surface area (Å²) in [7, 11) is -3.50. The number of amides is 1. The Kier molecular flexibility index (Phi) is 4.17. The van der Waals surface area contributed by atoms with Crippen molar-refractivity contribution in [1.29, 1.82) is 0 Å². The molecule has 1 amide bonds. The van der Waals surface area contributed by atoms with Crippen molar-refractivity contribution in [2.75, 3.05) is 6.54 Å². The Morgan fingerprint density at radius 1 is 1.16 bits per heavy atom. The second-order valence-electron chi connectivity index (χ2n) is 6.79. The van der Waals surface area contributed by atoms with Crippen LogP contribution in [0.5, 0.6) is 0 Å². The van der Waals surface area contributed by atoms with E-state index in [1.807, 2.05) is 24.0 Å². The number of rotatable bonds is 4. The fraction of sp³-hybridized carbons (Fsp3) is 0.389. The van der Waals surface area contributed by atoms with Crippen molar-refractivity contribution in [1.82, 2.24) is 9.62 Å². The second kappa shape index (κ2) is 6.23. The molecule has 7 heteroatoms. The van der Waals surface area contributed by atoms with Gasteiger partial charge in [0.25, 0.3) is 5.91 Å². The molecule has 4 rings (SSSR count). The summed E-state index contributed by atoms with van der Waals surface area (Å²) >= 11 is 1.52. The van der Waals surface area contributed by atoms with Gasteiger partial charge in [0.05, 0.1) is 9.77 Å². The molecule has 2 aromatic rings. The van der Waals surface area contributed by atoms with E-state index in [-0.39, 0.29) is 23.9 Å². The normalized spacial score (nSPS) is 25.5. The summed E-state index contributed by atoms with van der Waals surface area (Å²) in [5.74, 6) is 0.267. The minimum Gasteiger partial charge on any atom is -0.335 e. The van der Waals surface area contributed by atoms with Gasteiger partial charge in [0.15, 0.2) is 0 Å². The maximum atomic E-state index is 12.7. The molecular formula is C18H20N2O3S2. The Labute approximate surface area is 151 Å².